The normalized spacial score (nSPS) is 20.5. The predicted molar refractivity (Wildman–Crippen MR) is 84.4 cm³/mol. The van der Waals surface area contributed by atoms with Crippen molar-refractivity contribution >= 4 is 0 Å². The van der Waals surface area contributed by atoms with E-state index in [0.29, 0.717) is 18.8 Å². The minimum Gasteiger partial charge on any atom is -0.489 e. The van der Waals surface area contributed by atoms with Crippen LogP contribution in [0.5, 0.6) is 5.75 Å². The molecule has 0 unspecified atom stereocenters. The average molecular weight is 299 g/mol. The van der Waals surface area contributed by atoms with Crippen molar-refractivity contribution in [2.75, 3.05) is 0 Å². The number of nitrogens with two attached hydrogens (primary N) is 1. The third-order valence-corrected chi connectivity index (χ3v) is 4.27. The maximum atomic E-state index is 10.2. The van der Waals surface area contributed by atoms with Gasteiger partial charge in [0.2, 0.25) is 0 Å². The molecule has 0 aromatic heterocycles. The fourth-order valence-corrected chi connectivity index (χ4v) is 3.01. The first-order chi connectivity index (χ1) is 10.7. The number of aliphatic hydroxyl groups is 2. The zero-order chi connectivity index (χ0) is 15.5. The Labute approximate surface area is 130 Å². The minimum absolute atomic E-state index is 0.102. The van der Waals surface area contributed by atoms with Crippen LogP contribution in [0.3, 0.4) is 0 Å². The van der Waals surface area contributed by atoms with E-state index in [4.69, 9.17) is 10.5 Å². The highest BCUT2D eigenvalue weighted by Gasteiger charge is 2.28. The lowest BCUT2D eigenvalue weighted by Crippen LogP contribution is -2.33. The average Bonchev–Trinajstić information content (AvgIpc) is 2.56. The van der Waals surface area contributed by atoms with Crippen LogP contribution in [0.1, 0.15) is 34.8 Å². The largest absolute Gasteiger partial charge is 0.489 e. The zero-order valence-corrected chi connectivity index (χ0v) is 12.4. The van der Waals surface area contributed by atoms with Gasteiger partial charge in [-0.2, -0.15) is 0 Å². The van der Waals surface area contributed by atoms with Crippen molar-refractivity contribution in [1.82, 2.24) is 0 Å². The van der Waals surface area contributed by atoms with E-state index in [1.165, 1.54) is 0 Å². The molecule has 0 spiro atoms. The van der Waals surface area contributed by atoms with E-state index < -0.39 is 6.10 Å². The van der Waals surface area contributed by atoms with E-state index in [-0.39, 0.29) is 12.6 Å². The summed E-state index contributed by atoms with van der Waals surface area (Å²) in [5.74, 6) is 0.674. The molecule has 4 nitrogen and oxygen atoms in total. The number of ether oxygens (including phenoxy) is 1. The van der Waals surface area contributed by atoms with E-state index in [0.717, 1.165) is 28.7 Å². The first-order valence-corrected chi connectivity index (χ1v) is 7.56. The molecule has 0 heterocycles. The van der Waals surface area contributed by atoms with Gasteiger partial charge in [-0.15, -0.1) is 0 Å². The van der Waals surface area contributed by atoms with Gasteiger partial charge in [0.1, 0.15) is 12.4 Å². The molecule has 2 aromatic carbocycles. The van der Waals surface area contributed by atoms with E-state index >= 15 is 0 Å². The fourth-order valence-electron chi connectivity index (χ4n) is 3.01. The molecule has 22 heavy (non-hydrogen) atoms. The Bertz CT molecular complexity index is 642. The molecule has 0 saturated heterocycles. The van der Waals surface area contributed by atoms with Gasteiger partial charge in [0.15, 0.2) is 0 Å². The second kappa shape index (κ2) is 6.48. The summed E-state index contributed by atoms with van der Waals surface area (Å²) in [6, 6.07) is 13.3. The highest BCUT2D eigenvalue weighted by Crippen LogP contribution is 2.35. The van der Waals surface area contributed by atoms with Crippen LogP contribution in [0.4, 0.5) is 0 Å². The summed E-state index contributed by atoms with van der Waals surface area (Å²) >= 11 is 0. The lowest BCUT2D eigenvalue weighted by Gasteiger charge is -2.29. The molecule has 3 rings (SSSR count). The van der Waals surface area contributed by atoms with E-state index in [1.54, 1.807) is 0 Å². The number of aliphatic hydroxyl groups excluding tert-OH is 2. The smallest absolute Gasteiger partial charge is 0.125 e. The third-order valence-electron chi connectivity index (χ3n) is 4.27. The molecule has 2 aromatic rings. The monoisotopic (exact) mass is 299 g/mol. The molecular formula is C18H21NO3. The molecule has 0 amide bonds. The van der Waals surface area contributed by atoms with Gasteiger partial charge in [-0.05, 0) is 35.6 Å². The van der Waals surface area contributed by atoms with Gasteiger partial charge in [0.25, 0.3) is 0 Å². The maximum absolute atomic E-state index is 10.2. The van der Waals surface area contributed by atoms with Crippen molar-refractivity contribution in [3.8, 4) is 5.75 Å². The molecular weight excluding hydrogens is 278 g/mol. The Morgan fingerprint density at radius 2 is 1.91 bits per heavy atom. The Balaban J connectivity index is 1.86. The SMILES string of the molecule is N[C@H]1CCc2c(ccc(OCc3ccccc3)c2CO)[C@@H]1O. The van der Waals surface area contributed by atoms with Crippen LogP contribution >= 0.6 is 0 Å². The summed E-state index contributed by atoms with van der Waals surface area (Å²) < 4.78 is 5.87. The summed E-state index contributed by atoms with van der Waals surface area (Å²) in [4.78, 5) is 0. The predicted octanol–water partition coefficient (Wildman–Crippen LogP) is 2.06. The molecule has 0 aliphatic heterocycles. The molecule has 4 N–H and O–H groups in total. The number of hydrogen-bond acceptors (Lipinski definition) is 4. The lowest BCUT2D eigenvalue weighted by molar-refractivity contribution is 0.132. The van der Waals surface area contributed by atoms with Crippen molar-refractivity contribution in [3.63, 3.8) is 0 Å². The molecule has 4 heteroatoms. The first-order valence-electron chi connectivity index (χ1n) is 7.56. The molecule has 1 aliphatic rings. The topological polar surface area (TPSA) is 75.7 Å². The Morgan fingerprint density at radius 3 is 2.64 bits per heavy atom. The minimum atomic E-state index is -0.669. The summed E-state index contributed by atoms with van der Waals surface area (Å²) in [5.41, 5.74) is 9.54. The Kier molecular flexibility index (Phi) is 4.43. The Morgan fingerprint density at radius 1 is 1.14 bits per heavy atom. The van der Waals surface area contributed by atoms with Crippen LogP contribution in [-0.2, 0) is 19.6 Å². The van der Waals surface area contributed by atoms with Crippen LogP contribution in [0.15, 0.2) is 42.5 Å². The fraction of sp³-hybridized carbons (Fsp3) is 0.333. The van der Waals surface area contributed by atoms with Crippen molar-refractivity contribution in [2.24, 2.45) is 5.73 Å². The van der Waals surface area contributed by atoms with E-state index in [2.05, 4.69) is 0 Å². The molecule has 1 aliphatic carbocycles. The Hall–Kier alpha value is -1.88. The number of benzene rings is 2. The van der Waals surface area contributed by atoms with Crippen molar-refractivity contribution < 1.29 is 14.9 Å². The van der Waals surface area contributed by atoms with Gasteiger partial charge in [0.05, 0.1) is 12.7 Å². The van der Waals surface area contributed by atoms with Gasteiger partial charge in [0, 0.05) is 11.6 Å². The molecule has 0 bridgehead atoms. The summed E-state index contributed by atoms with van der Waals surface area (Å²) in [7, 11) is 0. The molecule has 0 saturated carbocycles. The summed E-state index contributed by atoms with van der Waals surface area (Å²) in [5, 5.41) is 19.9. The quantitative estimate of drug-likeness (QED) is 0.808. The number of hydrogen-bond donors (Lipinski definition) is 3. The second-order valence-corrected chi connectivity index (χ2v) is 5.69. The van der Waals surface area contributed by atoms with E-state index in [9.17, 15) is 10.2 Å². The summed E-state index contributed by atoms with van der Waals surface area (Å²) in [6.07, 6.45) is 0.798. The van der Waals surface area contributed by atoms with Crippen molar-refractivity contribution in [2.45, 2.75) is 38.2 Å². The second-order valence-electron chi connectivity index (χ2n) is 5.69. The van der Waals surface area contributed by atoms with Crippen LogP contribution in [0.2, 0.25) is 0 Å². The highest BCUT2D eigenvalue weighted by molar-refractivity contribution is 5.47. The van der Waals surface area contributed by atoms with Crippen LogP contribution in [0, 0.1) is 0 Å². The molecule has 0 fully saturated rings. The van der Waals surface area contributed by atoms with Gasteiger partial charge in [-0.3, -0.25) is 0 Å². The molecule has 2 atom stereocenters. The maximum Gasteiger partial charge on any atom is 0.125 e. The van der Waals surface area contributed by atoms with Gasteiger partial charge in [-0.1, -0.05) is 36.4 Å². The van der Waals surface area contributed by atoms with Crippen molar-refractivity contribution in [1.29, 1.82) is 0 Å². The number of fused-ring (bicyclic) bond motifs is 1. The van der Waals surface area contributed by atoms with Gasteiger partial charge < -0.3 is 20.7 Å². The highest BCUT2D eigenvalue weighted by atomic mass is 16.5. The third kappa shape index (κ3) is 2.86. The summed E-state index contributed by atoms with van der Waals surface area (Å²) in [6.45, 7) is 0.351. The van der Waals surface area contributed by atoms with Crippen LogP contribution in [0.25, 0.3) is 0 Å². The zero-order valence-electron chi connectivity index (χ0n) is 12.4. The molecule has 116 valence electrons. The van der Waals surface area contributed by atoms with E-state index in [1.807, 2.05) is 42.5 Å². The van der Waals surface area contributed by atoms with Gasteiger partial charge in [-0.25, -0.2) is 0 Å². The lowest BCUT2D eigenvalue weighted by atomic mass is 9.83. The first kappa shape index (κ1) is 15.0. The van der Waals surface area contributed by atoms with Crippen LogP contribution in [-0.4, -0.2) is 16.3 Å². The standard InChI is InChI=1S/C18H21NO3/c19-16-8-6-13-14(18(16)21)7-9-17(15(13)10-20)22-11-12-4-2-1-3-5-12/h1-5,7,9,16,18,20-21H,6,8,10-11,19H2/t16-,18-/m0/s1. The number of rotatable bonds is 4. The molecule has 0 radical (unpaired) electrons. The van der Waals surface area contributed by atoms with Gasteiger partial charge >= 0.3 is 0 Å². The van der Waals surface area contributed by atoms with Crippen molar-refractivity contribution in [3.05, 3.63) is 64.7 Å². The van der Waals surface area contributed by atoms with Crippen LogP contribution < -0.4 is 10.5 Å².